The fraction of sp³-hybridized carbons (Fsp3) is 0.278. The Morgan fingerprint density at radius 1 is 1.04 bits per heavy atom. The van der Waals surface area contributed by atoms with Crippen molar-refractivity contribution in [3.05, 3.63) is 70.5 Å². The van der Waals surface area contributed by atoms with E-state index in [9.17, 15) is 18.0 Å². The number of carbonyl (C=O) groups is 1. The van der Waals surface area contributed by atoms with E-state index in [2.05, 4.69) is 0 Å². The second-order valence-electron chi connectivity index (χ2n) is 6.04. The van der Waals surface area contributed by atoms with E-state index in [1.54, 1.807) is 4.90 Å². The smallest absolute Gasteiger partial charge is 0.224 e. The van der Waals surface area contributed by atoms with Crippen LogP contribution >= 0.6 is 0 Å². The first-order chi connectivity index (χ1) is 11.4. The first-order valence-electron chi connectivity index (χ1n) is 7.67. The highest BCUT2D eigenvalue weighted by atomic mass is 19.2. The Hall–Kier alpha value is -2.34. The molecule has 0 bridgehead atoms. The van der Waals surface area contributed by atoms with Gasteiger partial charge < -0.3 is 10.6 Å². The molecule has 0 aromatic heterocycles. The quantitative estimate of drug-likeness (QED) is 0.874. The lowest BCUT2D eigenvalue weighted by Gasteiger charge is -2.19. The number of hydrogen-bond donors (Lipinski definition) is 1. The van der Waals surface area contributed by atoms with Gasteiger partial charge in [-0.1, -0.05) is 24.3 Å². The molecular formula is C18H17F3N2O. The highest BCUT2D eigenvalue weighted by Gasteiger charge is 2.24. The van der Waals surface area contributed by atoms with Crippen LogP contribution in [0.4, 0.5) is 13.2 Å². The lowest BCUT2D eigenvalue weighted by Crippen LogP contribution is -2.34. The largest absolute Gasteiger partial charge is 0.334 e. The van der Waals surface area contributed by atoms with E-state index in [1.165, 1.54) is 0 Å². The highest BCUT2D eigenvalue weighted by molar-refractivity contribution is 5.77. The first kappa shape index (κ1) is 16.5. The van der Waals surface area contributed by atoms with Crippen LogP contribution in [0, 0.1) is 17.5 Å². The minimum atomic E-state index is -1.24. The van der Waals surface area contributed by atoms with Crippen molar-refractivity contribution in [2.24, 2.45) is 5.73 Å². The van der Waals surface area contributed by atoms with Crippen LogP contribution in [0.25, 0.3) is 0 Å². The van der Waals surface area contributed by atoms with Gasteiger partial charge in [0.05, 0.1) is 0 Å². The fourth-order valence-electron chi connectivity index (χ4n) is 2.94. The molecular weight excluding hydrogens is 317 g/mol. The Labute approximate surface area is 137 Å². The molecule has 0 saturated heterocycles. The molecule has 1 aliphatic rings. The molecule has 2 N–H and O–H groups in total. The van der Waals surface area contributed by atoms with E-state index in [4.69, 9.17) is 5.73 Å². The molecule has 1 aliphatic heterocycles. The van der Waals surface area contributed by atoms with Crippen molar-refractivity contribution < 1.29 is 18.0 Å². The number of fused-ring (bicyclic) bond motifs is 1. The van der Waals surface area contributed by atoms with E-state index >= 15 is 0 Å². The molecule has 0 spiro atoms. The van der Waals surface area contributed by atoms with E-state index < -0.39 is 23.5 Å². The maximum atomic E-state index is 13.7. The third-order valence-corrected chi connectivity index (χ3v) is 4.20. The number of halogens is 3. The molecule has 0 saturated carbocycles. The van der Waals surface area contributed by atoms with Crippen molar-refractivity contribution in [1.82, 2.24) is 4.90 Å². The van der Waals surface area contributed by atoms with E-state index in [0.29, 0.717) is 19.2 Å². The number of rotatable bonds is 4. The van der Waals surface area contributed by atoms with Gasteiger partial charge in [-0.05, 0) is 29.2 Å². The van der Waals surface area contributed by atoms with E-state index in [-0.39, 0.29) is 24.3 Å². The molecule has 0 aliphatic carbocycles. The van der Waals surface area contributed by atoms with Crippen LogP contribution in [0.15, 0.2) is 36.4 Å². The van der Waals surface area contributed by atoms with E-state index in [0.717, 1.165) is 17.2 Å². The minimum absolute atomic E-state index is 0.0203. The van der Waals surface area contributed by atoms with Crippen molar-refractivity contribution in [1.29, 1.82) is 0 Å². The summed E-state index contributed by atoms with van der Waals surface area (Å²) in [5, 5.41) is 0. The molecule has 24 heavy (non-hydrogen) atoms. The van der Waals surface area contributed by atoms with E-state index in [1.807, 2.05) is 24.3 Å². The molecule has 1 unspecified atom stereocenters. The van der Waals surface area contributed by atoms with Crippen LogP contribution < -0.4 is 5.73 Å². The Morgan fingerprint density at radius 2 is 1.62 bits per heavy atom. The summed E-state index contributed by atoms with van der Waals surface area (Å²) in [6.45, 7) is 1.06. The third-order valence-electron chi connectivity index (χ3n) is 4.20. The second kappa shape index (κ2) is 6.65. The standard InChI is InChI=1S/C18H17F3N2O/c19-15-8-17(21)16(20)6-13(15)5-14(22)7-18(24)23-9-11-3-1-2-4-12(11)10-23/h1-4,6,8,14H,5,7,9-10,22H2. The maximum absolute atomic E-state index is 13.7. The topological polar surface area (TPSA) is 46.3 Å². The highest BCUT2D eigenvalue weighted by Crippen LogP contribution is 2.23. The van der Waals surface area contributed by atoms with Crippen molar-refractivity contribution in [2.75, 3.05) is 0 Å². The summed E-state index contributed by atoms with van der Waals surface area (Å²) >= 11 is 0. The zero-order chi connectivity index (χ0) is 17.3. The van der Waals surface area contributed by atoms with Gasteiger partial charge in [0.1, 0.15) is 5.82 Å². The summed E-state index contributed by atoms with van der Waals surface area (Å²) in [5.74, 6) is -3.36. The zero-order valence-corrected chi connectivity index (χ0v) is 12.9. The van der Waals surface area contributed by atoms with Gasteiger partial charge in [0.25, 0.3) is 0 Å². The number of benzene rings is 2. The Kier molecular flexibility index (Phi) is 4.57. The fourth-order valence-corrected chi connectivity index (χ4v) is 2.94. The van der Waals surface area contributed by atoms with Crippen LogP contribution in [0.3, 0.4) is 0 Å². The van der Waals surface area contributed by atoms with Gasteiger partial charge in [0.15, 0.2) is 11.6 Å². The summed E-state index contributed by atoms with van der Waals surface area (Å²) < 4.78 is 39.8. The van der Waals surface area contributed by atoms with Gasteiger partial charge >= 0.3 is 0 Å². The Balaban J connectivity index is 1.61. The van der Waals surface area contributed by atoms with Crippen molar-refractivity contribution in [3.8, 4) is 0 Å². The minimum Gasteiger partial charge on any atom is -0.334 e. The van der Waals surface area contributed by atoms with Gasteiger partial charge in [-0.15, -0.1) is 0 Å². The van der Waals surface area contributed by atoms with Gasteiger partial charge in [-0.25, -0.2) is 13.2 Å². The van der Waals surface area contributed by atoms with Gasteiger partial charge in [-0.2, -0.15) is 0 Å². The van der Waals surface area contributed by atoms with Crippen LogP contribution in [0.5, 0.6) is 0 Å². The average Bonchev–Trinajstić information content (AvgIpc) is 2.96. The monoisotopic (exact) mass is 334 g/mol. The number of nitrogens with two attached hydrogens (primary N) is 1. The molecule has 0 radical (unpaired) electrons. The van der Waals surface area contributed by atoms with Gasteiger partial charge in [0.2, 0.25) is 5.91 Å². The second-order valence-corrected chi connectivity index (χ2v) is 6.04. The lowest BCUT2D eigenvalue weighted by molar-refractivity contribution is -0.132. The summed E-state index contributed by atoms with van der Waals surface area (Å²) in [5.41, 5.74) is 8.08. The summed E-state index contributed by atoms with van der Waals surface area (Å²) in [6.07, 6.45) is -0.0119. The molecule has 6 heteroatoms. The maximum Gasteiger partial charge on any atom is 0.224 e. The van der Waals surface area contributed by atoms with Gasteiger partial charge in [0, 0.05) is 31.6 Å². The number of carbonyl (C=O) groups excluding carboxylic acids is 1. The molecule has 1 heterocycles. The molecule has 1 amide bonds. The summed E-state index contributed by atoms with van der Waals surface area (Å²) in [6, 6.07) is 8.41. The van der Waals surface area contributed by atoms with Crippen LogP contribution in [0.1, 0.15) is 23.1 Å². The average molecular weight is 334 g/mol. The molecule has 3 rings (SSSR count). The number of amides is 1. The molecule has 2 aromatic rings. The number of hydrogen-bond acceptors (Lipinski definition) is 2. The molecule has 0 fully saturated rings. The lowest BCUT2D eigenvalue weighted by atomic mass is 10.0. The van der Waals surface area contributed by atoms with Crippen LogP contribution in [0.2, 0.25) is 0 Å². The van der Waals surface area contributed by atoms with Gasteiger partial charge in [-0.3, -0.25) is 4.79 Å². The first-order valence-corrected chi connectivity index (χ1v) is 7.67. The molecule has 1 atom stereocenters. The molecule has 126 valence electrons. The van der Waals surface area contributed by atoms with Crippen LogP contribution in [-0.4, -0.2) is 16.8 Å². The van der Waals surface area contributed by atoms with Crippen molar-refractivity contribution >= 4 is 5.91 Å². The molecule has 2 aromatic carbocycles. The van der Waals surface area contributed by atoms with Crippen LogP contribution in [-0.2, 0) is 24.3 Å². The Morgan fingerprint density at radius 3 is 2.25 bits per heavy atom. The van der Waals surface area contributed by atoms with Crippen molar-refractivity contribution in [2.45, 2.75) is 32.0 Å². The SMILES string of the molecule is NC(CC(=O)N1Cc2ccccc2C1)Cc1cc(F)c(F)cc1F. The number of nitrogens with zero attached hydrogens (tertiary/aromatic N) is 1. The Bertz CT molecular complexity index is 754. The zero-order valence-electron chi connectivity index (χ0n) is 12.9. The third kappa shape index (κ3) is 3.43. The summed E-state index contributed by atoms with van der Waals surface area (Å²) in [4.78, 5) is 14.0. The molecule has 3 nitrogen and oxygen atoms in total. The van der Waals surface area contributed by atoms with Crippen molar-refractivity contribution in [3.63, 3.8) is 0 Å². The summed E-state index contributed by atoms with van der Waals surface area (Å²) in [7, 11) is 0. The normalized spacial score (nSPS) is 14.6. The predicted octanol–water partition coefficient (Wildman–Crippen LogP) is 2.91. The predicted molar refractivity (Wildman–Crippen MR) is 83.3 cm³/mol.